The molecule has 9 heteroatoms. The molecule has 1 heterocycles. The maximum Gasteiger partial charge on any atom is 0.335 e. The molecule has 0 radical (unpaired) electrons. The number of nitrogens with one attached hydrogen (secondary N) is 1. The van der Waals surface area contributed by atoms with Gasteiger partial charge in [-0.2, -0.15) is 0 Å². The predicted octanol–water partition coefficient (Wildman–Crippen LogP) is 4.08. The number of nitrogens with zero attached hydrogens (tertiary/aromatic N) is 1. The molecule has 4 amide bonds. The summed E-state index contributed by atoms with van der Waals surface area (Å²) in [6.45, 7) is 0. The highest BCUT2D eigenvalue weighted by molar-refractivity contribution is 14.1. The van der Waals surface area contributed by atoms with Gasteiger partial charge in [-0.25, -0.2) is 9.69 Å². The molecule has 2 N–H and O–H groups in total. The second-order valence-electron chi connectivity index (χ2n) is 5.26. The second kappa shape index (κ2) is 7.37. The number of urea groups is 1. The summed E-state index contributed by atoms with van der Waals surface area (Å²) < 4.78 is 1.24. The van der Waals surface area contributed by atoms with Gasteiger partial charge in [0, 0.05) is 15.1 Å². The van der Waals surface area contributed by atoms with Crippen LogP contribution in [0.25, 0.3) is 6.08 Å². The molecule has 1 fully saturated rings. The third kappa shape index (κ3) is 3.62. The first kappa shape index (κ1) is 18.9. The molecule has 0 aliphatic carbocycles. The number of imide groups is 2. The van der Waals surface area contributed by atoms with Crippen LogP contribution < -0.4 is 10.2 Å². The Morgan fingerprint density at radius 3 is 2.46 bits per heavy atom. The highest BCUT2D eigenvalue weighted by Gasteiger charge is 2.37. The molecule has 2 aromatic carbocycles. The topological polar surface area (TPSA) is 86.7 Å². The van der Waals surface area contributed by atoms with Crippen molar-refractivity contribution in [1.29, 1.82) is 0 Å². The van der Waals surface area contributed by atoms with Gasteiger partial charge in [0.1, 0.15) is 11.3 Å². The summed E-state index contributed by atoms with van der Waals surface area (Å²) in [4.78, 5) is 37.9. The lowest BCUT2D eigenvalue weighted by Gasteiger charge is -2.26. The van der Waals surface area contributed by atoms with Crippen molar-refractivity contribution in [2.75, 3.05) is 4.90 Å². The van der Waals surface area contributed by atoms with E-state index in [2.05, 4.69) is 21.2 Å². The number of carbonyl (C=O) groups excluding carboxylic acids is 3. The van der Waals surface area contributed by atoms with Gasteiger partial charge in [-0.05, 0) is 65.1 Å². The Hall–Kier alpha value is -1.91. The quantitative estimate of drug-likeness (QED) is 0.337. The number of barbiturate groups is 1. The summed E-state index contributed by atoms with van der Waals surface area (Å²) in [5, 5.41) is 12.6. The van der Waals surface area contributed by atoms with Gasteiger partial charge in [0.15, 0.2) is 0 Å². The SMILES string of the molecule is O=C1NC(=O)N(c2ccc(Br)cc2)C(=O)/C1=C/c1cc(Cl)cc(I)c1O. The standard InChI is InChI=1S/C17H9BrClIN2O4/c18-9-1-3-11(4-2-9)22-16(25)12(15(24)21-17(22)26)6-8-5-10(19)7-13(20)14(8)23/h1-7,23H,(H,21,24,26)/b12-6+. The van der Waals surface area contributed by atoms with E-state index in [1.54, 1.807) is 30.3 Å². The van der Waals surface area contributed by atoms with Gasteiger partial charge in [-0.3, -0.25) is 14.9 Å². The van der Waals surface area contributed by atoms with E-state index < -0.39 is 17.8 Å². The molecule has 3 rings (SSSR count). The number of halogens is 3. The van der Waals surface area contributed by atoms with Gasteiger partial charge in [-0.15, -0.1) is 0 Å². The summed E-state index contributed by atoms with van der Waals surface area (Å²) in [5.41, 5.74) is 0.213. The average molecular weight is 548 g/mol. The lowest BCUT2D eigenvalue weighted by atomic mass is 10.1. The number of benzene rings is 2. The molecule has 0 aromatic heterocycles. The van der Waals surface area contributed by atoms with E-state index >= 15 is 0 Å². The van der Waals surface area contributed by atoms with Crippen molar-refractivity contribution in [3.63, 3.8) is 0 Å². The number of phenolic OH excluding ortho intramolecular Hbond substituents is 1. The van der Waals surface area contributed by atoms with Crippen LogP contribution in [-0.4, -0.2) is 23.0 Å². The fraction of sp³-hybridized carbons (Fsp3) is 0. The van der Waals surface area contributed by atoms with Crippen molar-refractivity contribution in [3.05, 3.63) is 60.6 Å². The molecule has 132 valence electrons. The number of aromatic hydroxyl groups is 1. The summed E-state index contributed by atoms with van der Waals surface area (Å²) in [5.74, 6) is -1.76. The van der Waals surface area contributed by atoms with Crippen LogP contribution in [0.15, 0.2) is 46.4 Å². The van der Waals surface area contributed by atoms with Gasteiger partial charge in [0.2, 0.25) is 0 Å². The average Bonchev–Trinajstić information content (AvgIpc) is 2.57. The van der Waals surface area contributed by atoms with Crippen LogP contribution >= 0.6 is 50.1 Å². The lowest BCUT2D eigenvalue weighted by Crippen LogP contribution is -2.54. The van der Waals surface area contributed by atoms with Crippen molar-refractivity contribution >= 4 is 79.7 Å². The molecule has 0 bridgehead atoms. The van der Waals surface area contributed by atoms with Gasteiger partial charge in [0.25, 0.3) is 11.8 Å². The first-order chi connectivity index (χ1) is 12.3. The van der Waals surface area contributed by atoms with Crippen molar-refractivity contribution in [2.45, 2.75) is 0 Å². The van der Waals surface area contributed by atoms with E-state index in [1.807, 2.05) is 22.6 Å². The normalized spacial score (nSPS) is 16.2. The molecule has 0 saturated carbocycles. The van der Waals surface area contributed by atoms with Crippen LogP contribution in [0.1, 0.15) is 5.56 Å². The largest absolute Gasteiger partial charge is 0.506 e. The first-order valence-electron chi connectivity index (χ1n) is 7.13. The van der Waals surface area contributed by atoms with Crippen LogP contribution in [-0.2, 0) is 9.59 Å². The summed E-state index contributed by atoms with van der Waals surface area (Å²) in [6, 6.07) is 8.59. The molecule has 6 nitrogen and oxygen atoms in total. The van der Waals surface area contributed by atoms with E-state index in [4.69, 9.17) is 11.6 Å². The first-order valence-corrected chi connectivity index (χ1v) is 9.38. The van der Waals surface area contributed by atoms with Crippen LogP contribution in [0.2, 0.25) is 5.02 Å². The molecular formula is C17H9BrClIN2O4. The fourth-order valence-electron chi connectivity index (χ4n) is 2.33. The van der Waals surface area contributed by atoms with E-state index in [9.17, 15) is 19.5 Å². The number of carbonyl (C=O) groups is 3. The minimum atomic E-state index is -0.845. The zero-order valence-electron chi connectivity index (χ0n) is 12.8. The van der Waals surface area contributed by atoms with Crippen LogP contribution in [0, 0.1) is 3.57 Å². The summed E-state index contributed by atoms with van der Waals surface area (Å²) in [7, 11) is 0. The number of hydrogen-bond acceptors (Lipinski definition) is 4. The van der Waals surface area contributed by atoms with Gasteiger partial charge in [-0.1, -0.05) is 27.5 Å². The molecular weight excluding hydrogens is 538 g/mol. The Morgan fingerprint density at radius 1 is 1.15 bits per heavy atom. The Kier molecular flexibility index (Phi) is 5.35. The minimum Gasteiger partial charge on any atom is -0.506 e. The Morgan fingerprint density at radius 2 is 1.81 bits per heavy atom. The monoisotopic (exact) mass is 546 g/mol. The van der Waals surface area contributed by atoms with Crippen LogP contribution in [0.5, 0.6) is 5.75 Å². The summed E-state index contributed by atoms with van der Waals surface area (Å²) in [6.07, 6.45) is 1.21. The smallest absolute Gasteiger partial charge is 0.335 e. The highest BCUT2D eigenvalue weighted by Crippen LogP contribution is 2.31. The van der Waals surface area contributed by atoms with Crippen molar-refractivity contribution in [2.24, 2.45) is 0 Å². The lowest BCUT2D eigenvalue weighted by molar-refractivity contribution is -0.122. The molecule has 0 atom stereocenters. The number of hydrogen-bond donors (Lipinski definition) is 2. The fourth-order valence-corrected chi connectivity index (χ4v) is 3.66. The Labute approximate surface area is 175 Å². The zero-order valence-corrected chi connectivity index (χ0v) is 17.3. The molecule has 0 unspecified atom stereocenters. The maximum atomic E-state index is 12.8. The van der Waals surface area contributed by atoms with Crippen molar-refractivity contribution in [1.82, 2.24) is 5.32 Å². The van der Waals surface area contributed by atoms with E-state index in [1.165, 1.54) is 12.1 Å². The predicted molar refractivity (Wildman–Crippen MR) is 109 cm³/mol. The highest BCUT2D eigenvalue weighted by atomic mass is 127. The molecule has 1 aliphatic heterocycles. The third-order valence-electron chi connectivity index (χ3n) is 3.54. The maximum absolute atomic E-state index is 12.8. The molecule has 1 saturated heterocycles. The van der Waals surface area contributed by atoms with Crippen LogP contribution in [0.4, 0.5) is 10.5 Å². The van der Waals surface area contributed by atoms with Crippen molar-refractivity contribution in [3.8, 4) is 5.75 Å². The zero-order chi connectivity index (χ0) is 19.0. The second-order valence-corrected chi connectivity index (χ2v) is 7.77. The van der Waals surface area contributed by atoms with Gasteiger partial charge in [0.05, 0.1) is 9.26 Å². The van der Waals surface area contributed by atoms with Gasteiger partial charge < -0.3 is 5.11 Å². The Bertz CT molecular complexity index is 975. The van der Waals surface area contributed by atoms with E-state index in [0.29, 0.717) is 14.3 Å². The molecule has 1 aliphatic rings. The minimum absolute atomic E-state index is 0.116. The van der Waals surface area contributed by atoms with Crippen molar-refractivity contribution < 1.29 is 19.5 Å². The third-order valence-corrected chi connectivity index (χ3v) is 5.11. The van der Waals surface area contributed by atoms with E-state index in [-0.39, 0.29) is 16.9 Å². The number of rotatable bonds is 2. The molecule has 2 aromatic rings. The van der Waals surface area contributed by atoms with Gasteiger partial charge >= 0.3 is 6.03 Å². The Balaban J connectivity index is 2.07. The number of amides is 4. The molecule has 0 spiro atoms. The number of anilines is 1. The molecule has 26 heavy (non-hydrogen) atoms. The van der Waals surface area contributed by atoms with Crippen LogP contribution in [0.3, 0.4) is 0 Å². The summed E-state index contributed by atoms with van der Waals surface area (Å²) >= 11 is 11.1. The van der Waals surface area contributed by atoms with E-state index in [0.717, 1.165) is 9.37 Å². The number of phenols is 1.